The summed E-state index contributed by atoms with van der Waals surface area (Å²) in [7, 11) is 0. The monoisotopic (exact) mass is 469 g/mol. The van der Waals surface area contributed by atoms with E-state index in [1.165, 1.54) is 11.1 Å². The largest absolute Gasteiger partial charge is 0.493 e. The molecule has 1 aromatic heterocycles. The molecular formula is C30H35N3O2. The number of fused-ring (bicyclic) bond motifs is 1. The number of nitrogens with one attached hydrogen (secondary N) is 1. The Morgan fingerprint density at radius 3 is 2.46 bits per heavy atom. The summed E-state index contributed by atoms with van der Waals surface area (Å²) < 4.78 is 8.37. The maximum absolute atomic E-state index is 12.7. The molecule has 4 rings (SSSR count). The molecule has 0 atom stereocenters. The van der Waals surface area contributed by atoms with Crippen molar-refractivity contribution in [2.45, 2.75) is 53.5 Å². The zero-order valence-corrected chi connectivity index (χ0v) is 21.2. The van der Waals surface area contributed by atoms with E-state index in [9.17, 15) is 4.79 Å². The van der Waals surface area contributed by atoms with Crippen molar-refractivity contribution < 1.29 is 9.53 Å². The van der Waals surface area contributed by atoms with E-state index in [0.29, 0.717) is 19.6 Å². The molecule has 1 amide bonds. The van der Waals surface area contributed by atoms with Crippen molar-refractivity contribution >= 4 is 16.9 Å². The van der Waals surface area contributed by atoms with Crippen LogP contribution in [0.1, 0.15) is 51.3 Å². The van der Waals surface area contributed by atoms with E-state index in [-0.39, 0.29) is 5.91 Å². The van der Waals surface area contributed by atoms with E-state index in [4.69, 9.17) is 9.72 Å². The highest BCUT2D eigenvalue weighted by Crippen LogP contribution is 2.23. The number of carbonyl (C=O) groups excluding carboxylic acids is 1. The fourth-order valence-electron chi connectivity index (χ4n) is 4.59. The van der Waals surface area contributed by atoms with Crippen molar-refractivity contribution in [3.05, 3.63) is 94.3 Å². The highest BCUT2D eigenvalue weighted by molar-refractivity contribution is 5.95. The van der Waals surface area contributed by atoms with Crippen LogP contribution >= 0.6 is 0 Å². The van der Waals surface area contributed by atoms with Gasteiger partial charge in [-0.3, -0.25) is 4.79 Å². The van der Waals surface area contributed by atoms with Gasteiger partial charge in [0.05, 0.1) is 17.6 Å². The summed E-state index contributed by atoms with van der Waals surface area (Å²) in [5.74, 6) is 1.97. The third-order valence-corrected chi connectivity index (χ3v) is 6.43. The predicted octanol–water partition coefficient (Wildman–Crippen LogP) is 6.10. The number of amides is 1. The highest BCUT2D eigenvalue weighted by atomic mass is 16.5. The molecule has 35 heavy (non-hydrogen) atoms. The molecule has 5 nitrogen and oxygen atoms in total. The number of aromatic nitrogens is 2. The minimum atomic E-state index is -0.0335. The number of hydrogen-bond acceptors (Lipinski definition) is 3. The van der Waals surface area contributed by atoms with Gasteiger partial charge in [-0.15, -0.1) is 0 Å². The number of nitrogens with zero attached hydrogens (tertiary/aromatic N) is 2. The summed E-state index contributed by atoms with van der Waals surface area (Å²) in [5.41, 5.74) is 7.37. The molecule has 1 heterocycles. The van der Waals surface area contributed by atoms with Crippen molar-refractivity contribution in [2.24, 2.45) is 0 Å². The lowest BCUT2D eigenvalue weighted by Crippen LogP contribution is -2.27. The summed E-state index contributed by atoms with van der Waals surface area (Å²) in [5, 5.41) is 3.07. The molecular weight excluding hydrogens is 434 g/mol. The molecule has 0 saturated carbocycles. The molecule has 0 spiro atoms. The summed E-state index contributed by atoms with van der Waals surface area (Å²) in [6.07, 6.45) is 2.64. The average Bonchev–Trinajstić information content (AvgIpc) is 3.17. The van der Waals surface area contributed by atoms with Gasteiger partial charge < -0.3 is 14.6 Å². The summed E-state index contributed by atoms with van der Waals surface area (Å²) in [6, 6.07) is 20.4. The Labute approximate surface area is 208 Å². The standard InChI is InChI=1S/C30H35N3O2/c1-21-14-15-25(24(4)20-21)30(34)31-17-16-28-32-26-12-5-6-13-27(26)33(28)18-7-8-19-35-29-22(2)10-9-11-23(29)3/h5-6,9-15,20H,7-8,16-19H2,1-4H3,(H,31,34). The number of aryl methyl sites for hydroxylation is 5. The quantitative estimate of drug-likeness (QED) is 0.286. The van der Waals surface area contributed by atoms with Gasteiger partial charge in [0.1, 0.15) is 11.6 Å². The molecule has 0 aliphatic carbocycles. The summed E-state index contributed by atoms with van der Waals surface area (Å²) in [4.78, 5) is 17.5. The molecule has 0 bridgehead atoms. The van der Waals surface area contributed by atoms with Gasteiger partial charge in [0.25, 0.3) is 5.91 Å². The second kappa shape index (κ2) is 11.2. The van der Waals surface area contributed by atoms with Crippen molar-refractivity contribution in [3.63, 3.8) is 0 Å². The zero-order valence-electron chi connectivity index (χ0n) is 21.2. The maximum atomic E-state index is 12.7. The van der Waals surface area contributed by atoms with Gasteiger partial charge in [-0.05, 0) is 75.4 Å². The van der Waals surface area contributed by atoms with Crippen LogP contribution in [0.3, 0.4) is 0 Å². The third kappa shape index (κ3) is 5.91. The molecule has 0 fully saturated rings. The Hall–Kier alpha value is -3.60. The van der Waals surface area contributed by atoms with E-state index in [0.717, 1.165) is 58.7 Å². The van der Waals surface area contributed by atoms with Gasteiger partial charge in [-0.2, -0.15) is 0 Å². The minimum Gasteiger partial charge on any atom is -0.493 e. The van der Waals surface area contributed by atoms with Crippen LogP contribution in [0.4, 0.5) is 0 Å². The van der Waals surface area contributed by atoms with Gasteiger partial charge in [0, 0.05) is 25.1 Å². The zero-order chi connectivity index (χ0) is 24.8. The topological polar surface area (TPSA) is 56.2 Å². The predicted molar refractivity (Wildman–Crippen MR) is 142 cm³/mol. The molecule has 0 aliphatic rings. The number of unbranched alkanes of at least 4 members (excludes halogenated alkanes) is 1. The average molecular weight is 470 g/mol. The van der Waals surface area contributed by atoms with Crippen molar-refractivity contribution in [3.8, 4) is 5.75 Å². The molecule has 0 saturated heterocycles. The van der Waals surface area contributed by atoms with E-state index in [2.05, 4.69) is 54.1 Å². The Morgan fingerprint density at radius 2 is 1.69 bits per heavy atom. The molecule has 182 valence electrons. The van der Waals surface area contributed by atoms with Gasteiger partial charge in [0.2, 0.25) is 0 Å². The lowest BCUT2D eigenvalue weighted by molar-refractivity contribution is 0.0953. The smallest absolute Gasteiger partial charge is 0.251 e. The Balaban J connectivity index is 1.35. The Morgan fingerprint density at radius 1 is 0.914 bits per heavy atom. The van der Waals surface area contributed by atoms with Crippen molar-refractivity contribution in [2.75, 3.05) is 13.2 Å². The number of ether oxygens (including phenoxy) is 1. The van der Waals surface area contributed by atoms with Gasteiger partial charge >= 0.3 is 0 Å². The SMILES string of the molecule is Cc1ccc(C(=O)NCCc2nc3ccccc3n2CCCCOc2c(C)cccc2C)c(C)c1. The van der Waals surface area contributed by atoms with Crippen LogP contribution in [0.25, 0.3) is 11.0 Å². The fourth-order valence-corrected chi connectivity index (χ4v) is 4.59. The number of carbonyl (C=O) groups is 1. The Bertz CT molecular complexity index is 1300. The van der Waals surface area contributed by atoms with E-state index in [1.54, 1.807) is 0 Å². The number of rotatable bonds is 10. The lowest BCUT2D eigenvalue weighted by atomic mass is 10.1. The molecule has 0 unspecified atom stereocenters. The van der Waals surface area contributed by atoms with E-state index >= 15 is 0 Å². The highest BCUT2D eigenvalue weighted by Gasteiger charge is 2.13. The molecule has 1 N–H and O–H groups in total. The van der Waals surface area contributed by atoms with E-state index < -0.39 is 0 Å². The second-order valence-electron chi connectivity index (χ2n) is 9.27. The van der Waals surface area contributed by atoms with Crippen LogP contribution in [-0.4, -0.2) is 28.6 Å². The van der Waals surface area contributed by atoms with Crippen LogP contribution in [0.15, 0.2) is 60.7 Å². The first-order valence-electron chi connectivity index (χ1n) is 12.4. The maximum Gasteiger partial charge on any atom is 0.251 e. The third-order valence-electron chi connectivity index (χ3n) is 6.43. The summed E-state index contributed by atoms with van der Waals surface area (Å²) >= 11 is 0. The molecule has 5 heteroatoms. The van der Waals surface area contributed by atoms with Crippen molar-refractivity contribution in [1.82, 2.24) is 14.9 Å². The molecule has 3 aromatic carbocycles. The first kappa shape index (κ1) is 24.5. The molecule has 0 radical (unpaired) electrons. The first-order chi connectivity index (χ1) is 16.9. The number of para-hydroxylation sites is 3. The number of imidazole rings is 1. The van der Waals surface area contributed by atoms with Crippen molar-refractivity contribution in [1.29, 1.82) is 0 Å². The molecule has 0 aliphatic heterocycles. The van der Waals surface area contributed by atoms with Gasteiger partial charge in [0.15, 0.2) is 0 Å². The van der Waals surface area contributed by atoms with Crippen LogP contribution in [0.2, 0.25) is 0 Å². The van der Waals surface area contributed by atoms with E-state index in [1.807, 2.05) is 44.2 Å². The Kier molecular flexibility index (Phi) is 7.86. The number of benzene rings is 3. The normalized spacial score (nSPS) is 11.1. The minimum absolute atomic E-state index is 0.0335. The first-order valence-corrected chi connectivity index (χ1v) is 12.4. The summed E-state index contributed by atoms with van der Waals surface area (Å²) in [6.45, 7) is 10.3. The van der Waals surface area contributed by atoms with Gasteiger partial charge in [-0.25, -0.2) is 4.98 Å². The van der Waals surface area contributed by atoms with Crippen LogP contribution in [0, 0.1) is 27.7 Å². The lowest BCUT2D eigenvalue weighted by Gasteiger charge is -2.13. The van der Waals surface area contributed by atoms with Crippen LogP contribution < -0.4 is 10.1 Å². The van der Waals surface area contributed by atoms with Crippen LogP contribution in [-0.2, 0) is 13.0 Å². The second-order valence-corrected chi connectivity index (χ2v) is 9.27. The van der Waals surface area contributed by atoms with Crippen LogP contribution in [0.5, 0.6) is 5.75 Å². The number of hydrogen-bond donors (Lipinski definition) is 1. The molecule has 4 aromatic rings. The van der Waals surface area contributed by atoms with Gasteiger partial charge in [-0.1, -0.05) is 48.0 Å². The fraction of sp³-hybridized carbons (Fsp3) is 0.333.